The van der Waals surface area contributed by atoms with Crippen LogP contribution in [0.1, 0.15) is 37.8 Å². The van der Waals surface area contributed by atoms with Gasteiger partial charge < -0.3 is 20.5 Å². The fourth-order valence-electron chi connectivity index (χ4n) is 3.46. The summed E-state index contributed by atoms with van der Waals surface area (Å²) < 4.78 is 32.8. The minimum atomic E-state index is -3.40. The standard InChI is InChI=1S/C20H34N4O4S.HI/c1-16(2)24-29(26,27)13-18-7-5-4-6-17(18)12-22-19(21-3)23-14-20(8-10-25)9-11-28-15-20;/h4-7,16,24-25H,8-15H2,1-3H3,(H2,21,22,23);1H. The van der Waals surface area contributed by atoms with Crippen molar-refractivity contribution in [1.29, 1.82) is 0 Å². The van der Waals surface area contributed by atoms with Crippen LogP contribution in [0.5, 0.6) is 0 Å². The highest BCUT2D eigenvalue weighted by atomic mass is 127. The average molecular weight is 554 g/mol. The predicted octanol–water partition coefficient (Wildman–Crippen LogP) is 1.59. The van der Waals surface area contributed by atoms with Gasteiger partial charge in [-0.15, -0.1) is 24.0 Å². The molecule has 1 atom stereocenters. The van der Waals surface area contributed by atoms with E-state index in [1.54, 1.807) is 20.9 Å². The van der Waals surface area contributed by atoms with Crippen LogP contribution in [0.4, 0.5) is 0 Å². The molecule has 1 saturated heterocycles. The van der Waals surface area contributed by atoms with Crippen molar-refractivity contribution in [2.24, 2.45) is 10.4 Å². The summed E-state index contributed by atoms with van der Waals surface area (Å²) in [4.78, 5) is 4.26. The normalized spacial score (nSPS) is 19.6. The lowest BCUT2D eigenvalue weighted by molar-refractivity contribution is 0.127. The van der Waals surface area contributed by atoms with Crippen LogP contribution in [0.2, 0.25) is 0 Å². The Morgan fingerprint density at radius 3 is 2.53 bits per heavy atom. The van der Waals surface area contributed by atoms with E-state index >= 15 is 0 Å². The summed E-state index contributed by atoms with van der Waals surface area (Å²) in [5.74, 6) is 0.568. The number of nitrogens with one attached hydrogen (secondary N) is 3. The number of sulfonamides is 1. The molecule has 0 radical (unpaired) electrons. The Morgan fingerprint density at radius 1 is 1.27 bits per heavy atom. The number of aliphatic hydroxyl groups excluding tert-OH is 1. The molecule has 0 spiro atoms. The number of aliphatic hydroxyl groups is 1. The zero-order valence-corrected chi connectivity index (χ0v) is 21.1. The van der Waals surface area contributed by atoms with Crippen LogP contribution in [0.3, 0.4) is 0 Å². The second-order valence-electron chi connectivity index (χ2n) is 7.86. The first-order valence-corrected chi connectivity index (χ1v) is 11.6. The topological polar surface area (TPSA) is 112 Å². The van der Waals surface area contributed by atoms with Gasteiger partial charge in [-0.3, -0.25) is 4.99 Å². The summed E-state index contributed by atoms with van der Waals surface area (Å²) in [6.07, 6.45) is 1.58. The molecular formula is C20H35IN4O4S. The monoisotopic (exact) mass is 554 g/mol. The molecule has 0 amide bonds. The number of halogens is 1. The molecule has 8 nitrogen and oxygen atoms in total. The number of ether oxygens (including phenoxy) is 1. The Bertz CT molecular complexity index is 781. The highest BCUT2D eigenvalue weighted by Crippen LogP contribution is 2.31. The number of aliphatic imine (C=N–C) groups is 1. The van der Waals surface area contributed by atoms with Gasteiger partial charge in [-0.05, 0) is 37.8 Å². The highest BCUT2D eigenvalue weighted by Gasteiger charge is 2.34. The number of hydrogen-bond acceptors (Lipinski definition) is 5. The Morgan fingerprint density at radius 2 is 1.97 bits per heavy atom. The van der Waals surface area contributed by atoms with E-state index in [4.69, 9.17) is 4.74 Å². The fourth-order valence-corrected chi connectivity index (χ4v) is 4.95. The number of benzene rings is 1. The maximum atomic E-state index is 12.3. The van der Waals surface area contributed by atoms with E-state index in [0.717, 1.165) is 17.5 Å². The number of guanidine groups is 1. The van der Waals surface area contributed by atoms with E-state index < -0.39 is 10.0 Å². The molecule has 1 aromatic rings. The van der Waals surface area contributed by atoms with E-state index in [-0.39, 0.29) is 47.8 Å². The highest BCUT2D eigenvalue weighted by molar-refractivity contribution is 14.0. The Kier molecular flexibility index (Phi) is 11.6. The molecule has 172 valence electrons. The van der Waals surface area contributed by atoms with Gasteiger partial charge in [0.1, 0.15) is 0 Å². The third kappa shape index (κ3) is 8.66. The van der Waals surface area contributed by atoms with Crippen LogP contribution in [0.15, 0.2) is 29.3 Å². The van der Waals surface area contributed by atoms with Gasteiger partial charge in [0.05, 0.1) is 12.4 Å². The molecule has 1 aliphatic heterocycles. The van der Waals surface area contributed by atoms with Crippen LogP contribution in [-0.2, 0) is 27.1 Å². The van der Waals surface area contributed by atoms with Crippen molar-refractivity contribution >= 4 is 40.0 Å². The predicted molar refractivity (Wildman–Crippen MR) is 131 cm³/mol. The minimum absolute atomic E-state index is 0. The van der Waals surface area contributed by atoms with Crippen LogP contribution < -0.4 is 15.4 Å². The van der Waals surface area contributed by atoms with Gasteiger partial charge in [-0.2, -0.15) is 0 Å². The lowest BCUT2D eigenvalue weighted by atomic mass is 9.84. The smallest absolute Gasteiger partial charge is 0.216 e. The summed E-state index contributed by atoms with van der Waals surface area (Å²) in [7, 11) is -1.70. The molecule has 1 fully saturated rings. The largest absolute Gasteiger partial charge is 0.396 e. The Hall–Kier alpha value is -0.950. The summed E-state index contributed by atoms with van der Waals surface area (Å²) in [6.45, 7) is 6.18. The summed E-state index contributed by atoms with van der Waals surface area (Å²) in [5.41, 5.74) is 1.57. The third-order valence-electron chi connectivity index (χ3n) is 5.01. The van der Waals surface area contributed by atoms with Crippen molar-refractivity contribution in [3.05, 3.63) is 35.4 Å². The van der Waals surface area contributed by atoms with Crippen molar-refractivity contribution in [2.45, 2.75) is 45.0 Å². The van der Waals surface area contributed by atoms with E-state index in [2.05, 4.69) is 20.3 Å². The maximum Gasteiger partial charge on any atom is 0.216 e. The molecule has 0 aliphatic carbocycles. The second kappa shape index (κ2) is 12.8. The Labute approximate surface area is 197 Å². The van der Waals surface area contributed by atoms with E-state index in [1.165, 1.54) is 0 Å². The summed E-state index contributed by atoms with van der Waals surface area (Å²) in [5, 5.41) is 15.9. The van der Waals surface area contributed by atoms with Gasteiger partial charge in [0.2, 0.25) is 10.0 Å². The third-order valence-corrected chi connectivity index (χ3v) is 6.53. The zero-order valence-electron chi connectivity index (χ0n) is 18.0. The maximum absolute atomic E-state index is 12.3. The molecule has 4 N–H and O–H groups in total. The molecule has 1 aromatic carbocycles. The SMILES string of the molecule is CN=C(NCc1ccccc1CS(=O)(=O)NC(C)C)NCC1(CCO)CCOC1.I. The van der Waals surface area contributed by atoms with Crippen molar-refractivity contribution in [1.82, 2.24) is 15.4 Å². The quantitative estimate of drug-likeness (QED) is 0.199. The molecule has 1 unspecified atom stereocenters. The molecule has 10 heteroatoms. The van der Waals surface area contributed by atoms with Crippen LogP contribution in [0, 0.1) is 5.41 Å². The number of nitrogens with zero attached hydrogens (tertiary/aromatic N) is 1. The zero-order chi connectivity index (χ0) is 21.3. The second-order valence-corrected chi connectivity index (χ2v) is 9.61. The minimum Gasteiger partial charge on any atom is -0.396 e. The molecular weight excluding hydrogens is 519 g/mol. The van der Waals surface area contributed by atoms with Gasteiger partial charge in [0.15, 0.2) is 5.96 Å². The molecule has 1 heterocycles. The van der Waals surface area contributed by atoms with Gasteiger partial charge in [-0.1, -0.05) is 24.3 Å². The van der Waals surface area contributed by atoms with Crippen molar-refractivity contribution in [3.63, 3.8) is 0 Å². The number of hydrogen-bond donors (Lipinski definition) is 4. The first-order chi connectivity index (χ1) is 13.8. The lowest BCUT2D eigenvalue weighted by Gasteiger charge is -2.27. The van der Waals surface area contributed by atoms with E-state index in [9.17, 15) is 13.5 Å². The first-order valence-electron chi connectivity index (χ1n) is 9.99. The summed E-state index contributed by atoms with van der Waals surface area (Å²) >= 11 is 0. The van der Waals surface area contributed by atoms with Gasteiger partial charge in [0, 0.05) is 44.8 Å². The first kappa shape index (κ1) is 27.1. The van der Waals surface area contributed by atoms with E-state index in [0.29, 0.717) is 38.7 Å². The molecule has 0 saturated carbocycles. The van der Waals surface area contributed by atoms with Gasteiger partial charge in [0.25, 0.3) is 0 Å². The van der Waals surface area contributed by atoms with Gasteiger partial charge in [-0.25, -0.2) is 13.1 Å². The van der Waals surface area contributed by atoms with Crippen LogP contribution in [-0.4, -0.2) is 58.9 Å². The van der Waals surface area contributed by atoms with Crippen molar-refractivity contribution in [3.8, 4) is 0 Å². The van der Waals surface area contributed by atoms with Gasteiger partial charge >= 0.3 is 0 Å². The van der Waals surface area contributed by atoms with E-state index in [1.807, 2.05) is 24.3 Å². The number of rotatable bonds is 10. The molecule has 0 bridgehead atoms. The van der Waals surface area contributed by atoms with Crippen molar-refractivity contribution in [2.75, 3.05) is 33.4 Å². The van der Waals surface area contributed by atoms with Crippen LogP contribution in [0.25, 0.3) is 0 Å². The summed E-state index contributed by atoms with van der Waals surface area (Å²) in [6, 6.07) is 7.34. The molecule has 0 aromatic heterocycles. The van der Waals surface area contributed by atoms with Crippen molar-refractivity contribution < 1.29 is 18.3 Å². The fraction of sp³-hybridized carbons (Fsp3) is 0.650. The molecule has 2 rings (SSSR count). The average Bonchev–Trinajstić information content (AvgIpc) is 3.10. The molecule has 1 aliphatic rings. The van der Waals surface area contributed by atoms with Crippen LogP contribution >= 0.6 is 24.0 Å². The lowest BCUT2D eigenvalue weighted by Crippen LogP contribution is -2.44. The molecule has 30 heavy (non-hydrogen) atoms. The Balaban J connectivity index is 0.00000450.